The Kier molecular flexibility index (Phi) is 4.71. The summed E-state index contributed by atoms with van der Waals surface area (Å²) in [6.45, 7) is 1.10. The maximum Gasteiger partial charge on any atom is 0.142 e. The van der Waals surface area contributed by atoms with Gasteiger partial charge in [-0.05, 0) is 30.8 Å². The van der Waals surface area contributed by atoms with Crippen LogP contribution >= 0.6 is 11.6 Å². The molecule has 2 aromatic rings. The molecule has 1 N–H and O–H groups in total. The van der Waals surface area contributed by atoms with E-state index < -0.39 is 5.82 Å². The Labute approximate surface area is 116 Å². The Bertz CT molecular complexity index is 546. The van der Waals surface area contributed by atoms with Crippen LogP contribution in [0.1, 0.15) is 11.3 Å². The highest BCUT2D eigenvalue weighted by atomic mass is 35.5. The molecular weight excluding hydrogens is 267 g/mol. The van der Waals surface area contributed by atoms with Crippen LogP contribution < -0.4 is 10.1 Å². The van der Waals surface area contributed by atoms with Crippen LogP contribution in [0.2, 0.25) is 5.02 Å². The first-order valence-electron chi connectivity index (χ1n) is 5.85. The predicted octanol–water partition coefficient (Wildman–Crippen LogP) is 3.17. The number of benzene rings is 1. The summed E-state index contributed by atoms with van der Waals surface area (Å²) >= 11 is 5.67. The molecule has 0 fully saturated rings. The molecule has 0 unspecified atom stereocenters. The minimum atomic E-state index is -0.455. The summed E-state index contributed by atoms with van der Waals surface area (Å²) in [5, 5.41) is 3.10. The number of pyridine rings is 1. The third kappa shape index (κ3) is 3.91. The van der Waals surface area contributed by atoms with Gasteiger partial charge >= 0.3 is 0 Å². The van der Waals surface area contributed by atoms with E-state index in [0.29, 0.717) is 12.4 Å². The molecule has 1 aromatic carbocycles. The highest BCUT2D eigenvalue weighted by Crippen LogP contribution is 2.21. The van der Waals surface area contributed by atoms with E-state index in [0.717, 1.165) is 17.8 Å². The van der Waals surface area contributed by atoms with Crippen LogP contribution in [0, 0.1) is 5.82 Å². The van der Waals surface area contributed by atoms with Crippen LogP contribution in [0.3, 0.4) is 0 Å². The van der Waals surface area contributed by atoms with Gasteiger partial charge in [0.25, 0.3) is 0 Å². The van der Waals surface area contributed by atoms with Crippen molar-refractivity contribution in [1.29, 1.82) is 0 Å². The summed E-state index contributed by atoms with van der Waals surface area (Å²) in [4.78, 5) is 4.28. The second kappa shape index (κ2) is 6.50. The van der Waals surface area contributed by atoms with Crippen molar-refractivity contribution in [1.82, 2.24) is 10.3 Å². The van der Waals surface area contributed by atoms with Crippen molar-refractivity contribution < 1.29 is 9.13 Å². The monoisotopic (exact) mass is 280 g/mol. The van der Waals surface area contributed by atoms with E-state index in [1.165, 1.54) is 18.2 Å². The van der Waals surface area contributed by atoms with E-state index >= 15 is 0 Å². The number of aromatic nitrogens is 1. The lowest BCUT2D eigenvalue weighted by atomic mass is 10.2. The fourth-order valence-electron chi connectivity index (χ4n) is 1.57. The van der Waals surface area contributed by atoms with Crippen molar-refractivity contribution in [3.05, 3.63) is 58.6 Å². The average molecular weight is 281 g/mol. The zero-order valence-electron chi connectivity index (χ0n) is 10.5. The second-order valence-corrected chi connectivity index (χ2v) is 4.46. The molecule has 0 aliphatic rings. The molecule has 0 radical (unpaired) electrons. The first-order chi connectivity index (χ1) is 9.19. The molecule has 100 valence electrons. The van der Waals surface area contributed by atoms with Crippen molar-refractivity contribution in [2.75, 3.05) is 7.05 Å². The lowest BCUT2D eigenvalue weighted by molar-refractivity contribution is 0.301. The maximum absolute atomic E-state index is 13.0. The summed E-state index contributed by atoms with van der Waals surface area (Å²) in [5.41, 5.74) is 1.91. The molecule has 0 atom stereocenters. The molecular formula is C14H14ClFN2O. The van der Waals surface area contributed by atoms with Gasteiger partial charge in [-0.3, -0.25) is 4.98 Å². The Morgan fingerprint density at radius 3 is 2.79 bits per heavy atom. The third-order valence-electron chi connectivity index (χ3n) is 2.54. The van der Waals surface area contributed by atoms with Crippen LogP contribution in [0.25, 0.3) is 0 Å². The lowest BCUT2D eigenvalue weighted by Gasteiger charge is -2.07. The normalized spacial score (nSPS) is 10.5. The van der Waals surface area contributed by atoms with Gasteiger partial charge in [0.1, 0.15) is 18.2 Å². The van der Waals surface area contributed by atoms with Crippen molar-refractivity contribution in [3.63, 3.8) is 0 Å². The smallest absolute Gasteiger partial charge is 0.142 e. The van der Waals surface area contributed by atoms with Gasteiger partial charge in [-0.2, -0.15) is 0 Å². The molecule has 0 amide bonds. The molecule has 0 saturated carbocycles. The number of ether oxygens (including phenoxy) is 1. The standard InChI is InChI=1S/C14H14ClFN2O/c1-17-7-10-2-3-11(18-8-10)9-19-12-4-5-14(16)13(15)6-12/h2-6,8,17H,7,9H2,1H3. The van der Waals surface area contributed by atoms with Gasteiger partial charge < -0.3 is 10.1 Å². The quantitative estimate of drug-likeness (QED) is 0.913. The molecule has 0 aliphatic carbocycles. The van der Waals surface area contributed by atoms with E-state index in [1.54, 1.807) is 6.20 Å². The summed E-state index contributed by atoms with van der Waals surface area (Å²) in [6, 6.07) is 8.15. The number of rotatable bonds is 5. The summed E-state index contributed by atoms with van der Waals surface area (Å²) in [7, 11) is 1.88. The summed E-state index contributed by atoms with van der Waals surface area (Å²) in [6.07, 6.45) is 1.80. The van der Waals surface area contributed by atoms with Crippen molar-refractivity contribution >= 4 is 11.6 Å². The van der Waals surface area contributed by atoms with Gasteiger partial charge in [-0.1, -0.05) is 17.7 Å². The topological polar surface area (TPSA) is 34.1 Å². The SMILES string of the molecule is CNCc1ccc(COc2ccc(F)c(Cl)c2)nc1. The van der Waals surface area contributed by atoms with Crippen molar-refractivity contribution in [2.45, 2.75) is 13.2 Å². The largest absolute Gasteiger partial charge is 0.487 e. The van der Waals surface area contributed by atoms with Crippen LogP contribution in [0.4, 0.5) is 4.39 Å². The molecule has 2 rings (SSSR count). The highest BCUT2D eigenvalue weighted by Gasteiger charge is 2.02. The predicted molar refractivity (Wildman–Crippen MR) is 72.7 cm³/mol. The number of nitrogens with zero attached hydrogens (tertiary/aromatic N) is 1. The molecule has 0 saturated heterocycles. The molecule has 19 heavy (non-hydrogen) atoms. The van der Waals surface area contributed by atoms with E-state index in [9.17, 15) is 4.39 Å². The summed E-state index contributed by atoms with van der Waals surface area (Å²) < 4.78 is 18.5. The molecule has 0 aliphatic heterocycles. The number of halogens is 2. The fourth-order valence-corrected chi connectivity index (χ4v) is 1.74. The first kappa shape index (κ1) is 13.8. The van der Waals surface area contributed by atoms with Crippen molar-refractivity contribution in [2.24, 2.45) is 0 Å². The third-order valence-corrected chi connectivity index (χ3v) is 2.83. The van der Waals surface area contributed by atoms with Gasteiger partial charge in [-0.15, -0.1) is 0 Å². The maximum atomic E-state index is 13.0. The zero-order valence-corrected chi connectivity index (χ0v) is 11.2. The van der Waals surface area contributed by atoms with Crippen LogP contribution in [-0.2, 0) is 13.2 Å². The Morgan fingerprint density at radius 2 is 2.16 bits per heavy atom. The van der Waals surface area contributed by atoms with Gasteiger partial charge in [-0.25, -0.2) is 4.39 Å². The fraction of sp³-hybridized carbons (Fsp3) is 0.214. The number of hydrogen-bond donors (Lipinski definition) is 1. The van der Waals surface area contributed by atoms with Gasteiger partial charge in [0.05, 0.1) is 10.7 Å². The lowest BCUT2D eigenvalue weighted by Crippen LogP contribution is -2.06. The minimum absolute atomic E-state index is 0.0508. The van der Waals surface area contributed by atoms with E-state index in [2.05, 4.69) is 10.3 Å². The molecule has 0 bridgehead atoms. The van der Waals surface area contributed by atoms with Gasteiger partial charge in [0.15, 0.2) is 0 Å². The molecule has 5 heteroatoms. The van der Waals surface area contributed by atoms with Gasteiger partial charge in [0, 0.05) is 18.8 Å². The Balaban J connectivity index is 1.96. The Morgan fingerprint density at radius 1 is 1.32 bits per heavy atom. The molecule has 3 nitrogen and oxygen atoms in total. The first-order valence-corrected chi connectivity index (χ1v) is 6.23. The van der Waals surface area contributed by atoms with Crippen LogP contribution in [-0.4, -0.2) is 12.0 Å². The van der Waals surface area contributed by atoms with E-state index in [-0.39, 0.29) is 5.02 Å². The highest BCUT2D eigenvalue weighted by molar-refractivity contribution is 6.30. The number of nitrogens with one attached hydrogen (secondary N) is 1. The van der Waals surface area contributed by atoms with E-state index in [4.69, 9.17) is 16.3 Å². The molecule has 0 spiro atoms. The van der Waals surface area contributed by atoms with Gasteiger partial charge in [0.2, 0.25) is 0 Å². The Hall–Kier alpha value is -1.65. The molecule has 1 aromatic heterocycles. The molecule has 1 heterocycles. The number of hydrogen-bond acceptors (Lipinski definition) is 3. The van der Waals surface area contributed by atoms with E-state index in [1.807, 2.05) is 19.2 Å². The average Bonchev–Trinajstić information content (AvgIpc) is 2.42. The minimum Gasteiger partial charge on any atom is -0.487 e. The van der Waals surface area contributed by atoms with Crippen molar-refractivity contribution in [3.8, 4) is 5.75 Å². The van der Waals surface area contributed by atoms with Crippen LogP contribution in [0.5, 0.6) is 5.75 Å². The zero-order chi connectivity index (χ0) is 13.7. The second-order valence-electron chi connectivity index (χ2n) is 4.05. The summed E-state index contributed by atoms with van der Waals surface area (Å²) in [5.74, 6) is 0.0658. The van der Waals surface area contributed by atoms with Crippen LogP contribution in [0.15, 0.2) is 36.5 Å².